The third kappa shape index (κ3) is 3.53. The highest BCUT2D eigenvalue weighted by Gasteiger charge is 2.33. The Kier molecular flexibility index (Phi) is 4.57. The second-order valence-corrected chi connectivity index (χ2v) is 8.84. The van der Waals surface area contributed by atoms with Gasteiger partial charge in [0.2, 0.25) is 0 Å². The van der Waals surface area contributed by atoms with Crippen molar-refractivity contribution in [2.24, 2.45) is 0 Å². The molecule has 2 heteroatoms. The SMILES string of the molecule is CC(C)c1ccc2c(c1)OOc1ccccc1C(C)(C)CCC2(C)C. The number of hydrogen-bond donors (Lipinski definition) is 0. The molecule has 0 amide bonds. The lowest BCUT2D eigenvalue weighted by Gasteiger charge is -2.35. The number of para-hydroxylation sites is 1. The van der Waals surface area contributed by atoms with Crippen LogP contribution in [0.15, 0.2) is 42.5 Å². The monoisotopic (exact) mass is 338 g/mol. The molecule has 0 fully saturated rings. The van der Waals surface area contributed by atoms with Crippen molar-refractivity contribution in [2.75, 3.05) is 0 Å². The highest BCUT2D eigenvalue weighted by molar-refractivity contribution is 5.44. The van der Waals surface area contributed by atoms with Crippen LogP contribution in [0.1, 0.15) is 77.0 Å². The second-order valence-electron chi connectivity index (χ2n) is 8.84. The Morgan fingerprint density at radius 2 is 1.32 bits per heavy atom. The highest BCUT2D eigenvalue weighted by Crippen LogP contribution is 2.43. The molecule has 134 valence electrons. The molecule has 0 unspecified atom stereocenters. The molecule has 2 aromatic carbocycles. The maximum atomic E-state index is 5.91. The highest BCUT2D eigenvalue weighted by atomic mass is 17.2. The van der Waals surface area contributed by atoms with Crippen LogP contribution in [0.4, 0.5) is 0 Å². The standard InChI is InChI=1S/C23H30O2/c1-16(2)17-11-12-19-21(15-17)25-24-20-10-8-7-9-18(20)22(3,4)13-14-23(19,5)6/h7-12,15-16H,13-14H2,1-6H3. The van der Waals surface area contributed by atoms with Crippen molar-refractivity contribution in [3.05, 3.63) is 59.2 Å². The van der Waals surface area contributed by atoms with E-state index < -0.39 is 0 Å². The van der Waals surface area contributed by atoms with Gasteiger partial charge < -0.3 is 0 Å². The van der Waals surface area contributed by atoms with Gasteiger partial charge in [0.05, 0.1) is 0 Å². The van der Waals surface area contributed by atoms with Crippen LogP contribution in [-0.4, -0.2) is 0 Å². The Bertz CT molecular complexity index is 756. The summed E-state index contributed by atoms with van der Waals surface area (Å²) in [5.74, 6) is 2.11. The van der Waals surface area contributed by atoms with Crippen LogP contribution in [0.25, 0.3) is 0 Å². The van der Waals surface area contributed by atoms with Crippen molar-refractivity contribution in [1.82, 2.24) is 0 Å². The maximum absolute atomic E-state index is 5.91. The zero-order valence-corrected chi connectivity index (χ0v) is 16.3. The summed E-state index contributed by atoms with van der Waals surface area (Å²) < 4.78 is 0. The van der Waals surface area contributed by atoms with E-state index in [1.54, 1.807) is 0 Å². The lowest BCUT2D eigenvalue weighted by atomic mass is 9.72. The molecule has 0 spiro atoms. The van der Waals surface area contributed by atoms with E-state index in [0.717, 1.165) is 24.3 Å². The predicted octanol–water partition coefficient (Wildman–Crippen LogP) is 6.53. The van der Waals surface area contributed by atoms with E-state index in [2.05, 4.69) is 71.9 Å². The lowest BCUT2D eigenvalue weighted by molar-refractivity contribution is -0.104. The summed E-state index contributed by atoms with van der Waals surface area (Å²) >= 11 is 0. The predicted molar refractivity (Wildman–Crippen MR) is 104 cm³/mol. The molecule has 1 aliphatic heterocycles. The van der Waals surface area contributed by atoms with E-state index >= 15 is 0 Å². The number of benzene rings is 2. The van der Waals surface area contributed by atoms with E-state index in [4.69, 9.17) is 9.78 Å². The molecule has 1 heterocycles. The quantitative estimate of drug-likeness (QED) is 0.550. The first-order valence-electron chi connectivity index (χ1n) is 9.29. The molecule has 0 aliphatic carbocycles. The zero-order valence-electron chi connectivity index (χ0n) is 16.3. The van der Waals surface area contributed by atoms with E-state index in [1.165, 1.54) is 16.7 Å². The minimum Gasteiger partial charge on any atom is -0.290 e. The Labute approximate surface area is 152 Å². The molecule has 0 bridgehead atoms. The minimum atomic E-state index is 0.0256. The van der Waals surface area contributed by atoms with Gasteiger partial charge in [-0.05, 0) is 47.3 Å². The summed E-state index contributed by atoms with van der Waals surface area (Å²) in [6.45, 7) is 13.6. The van der Waals surface area contributed by atoms with E-state index in [9.17, 15) is 0 Å². The molecular formula is C23H30O2. The first-order chi connectivity index (χ1) is 11.7. The largest absolute Gasteiger partial charge is 0.290 e. The second kappa shape index (κ2) is 6.40. The summed E-state index contributed by atoms with van der Waals surface area (Å²) in [4.78, 5) is 11.8. The van der Waals surface area contributed by atoms with Crippen molar-refractivity contribution in [1.29, 1.82) is 0 Å². The van der Waals surface area contributed by atoms with Crippen molar-refractivity contribution >= 4 is 0 Å². The van der Waals surface area contributed by atoms with Gasteiger partial charge in [0.25, 0.3) is 0 Å². The summed E-state index contributed by atoms with van der Waals surface area (Å²) in [5.41, 5.74) is 3.75. The van der Waals surface area contributed by atoms with Crippen LogP contribution in [-0.2, 0) is 10.8 Å². The molecule has 0 N–H and O–H groups in total. The first kappa shape index (κ1) is 17.8. The molecule has 2 aromatic rings. The Morgan fingerprint density at radius 3 is 1.96 bits per heavy atom. The van der Waals surface area contributed by atoms with E-state index in [-0.39, 0.29) is 10.8 Å². The van der Waals surface area contributed by atoms with Gasteiger partial charge in [-0.3, -0.25) is 9.78 Å². The average Bonchev–Trinajstić information content (AvgIpc) is 2.57. The van der Waals surface area contributed by atoms with Gasteiger partial charge >= 0.3 is 0 Å². The van der Waals surface area contributed by atoms with Crippen molar-refractivity contribution < 1.29 is 9.78 Å². The number of fused-ring (bicyclic) bond motifs is 2. The Morgan fingerprint density at radius 1 is 0.760 bits per heavy atom. The zero-order chi connectivity index (χ0) is 18.2. The molecule has 0 saturated heterocycles. The molecule has 1 aliphatic rings. The van der Waals surface area contributed by atoms with Crippen LogP contribution in [0.5, 0.6) is 11.5 Å². The third-order valence-electron chi connectivity index (χ3n) is 5.61. The van der Waals surface area contributed by atoms with Crippen molar-refractivity contribution in [3.8, 4) is 11.5 Å². The minimum absolute atomic E-state index is 0.0256. The first-order valence-corrected chi connectivity index (χ1v) is 9.29. The molecule has 3 rings (SSSR count). The topological polar surface area (TPSA) is 18.5 Å². The third-order valence-corrected chi connectivity index (χ3v) is 5.61. The van der Waals surface area contributed by atoms with Gasteiger partial charge in [-0.1, -0.05) is 71.9 Å². The fourth-order valence-electron chi connectivity index (χ4n) is 3.61. The summed E-state index contributed by atoms with van der Waals surface area (Å²) in [5, 5.41) is 0. The molecular weight excluding hydrogens is 308 g/mol. The lowest BCUT2D eigenvalue weighted by Crippen LogP contribution is -2.27. The fraction of sp³-hybridized carbons (Fsp3) is 0.478. The van der Waals surface area contributed by atoms with Crippen LogP contribution in [0.2, 0.25) is 0 Å². The van der Waals surface area contributed by atoms with Crippen LogP contribution < -0.4 is 9.78 Å². The van der Waals surface area contributed by atoms with Crippen LogP contribution in [0, 0.1) is 0 Å². The average molecular weight is 338 g/mol. The van der Waals surface area contributed by atoms with E-state index in [1.807, 2.05) is 12.1 Å². The van der Waals surface area contributed by atoms with Crippen LogP contribution in [0.3, 0.4) is 0 Å². The van der Waals surface area contributed by atoms with Gasteiger partial charge in [0.1, 0.15) is 0 Å². The van der Waals surface area contributed by atoms with Gasteiger partial charge in [-0.2, -0.15) is 0 Å². The van der Waals surface area contributed by atoms with Crippen molar-refractivity contribution in [2.45, 2.75) is 71.1 Å². The van der Waals surface area contributed by atoms with Gasteiger partial charge in [0, 0.05) is 11.1 Å². The molecule has 0 radical (unpaired) electrons. The summed E-state index contributed by atoms with van der Waals surface area (Å²) in [6.07, 6.45) is 2.18. The van der Waals surface area contributed by atoms with Gasteiger partial charge in [0.15, 0.2) is 11.5 Å². The smallest absolute Gasteiger partial charge is 0.182 e. The fourth-order valence-corrected chi connectivity index (χ4v) is 3.61. The van der Waals surface area contributed by atoms with Gasteiger partial charge in [-0.25, -0.2) is 0 Å². The normalized spacial score (nSPS) is 18.5. The Balaban J connectivity index is 2.09. The van der Waals surface area contributed by atoms with Crippen molar-refractivity contribution in [3.63, 3.8) is 0 Å². The molecule has 0 aromatic heterocycles. The maximum Gasteiger partial charge on any atom is 0.182 e. The van der Waals surface area contributed by atoms with Crippen LogP contribution >= 0.6 is 0 Å². The van der Waals surface area contributed by atoms with Gasteiger partial charge in [-0.15, -0.1) is 0 Å². The Hall–Kier alpha value is -1.96. The van der Waals surface area contributed by atoms with E-state index in [0.29, 0.717) is 5.92 Å². The molecule has 2 nitrogen and oxygen atoms in total. The molecule has 25 heavy (non-hydrogen) atoms. The summed E-state index contributed by atoms with van der Waals surface area (Å²) in [7, 11) is 0. The summed E-state index contributed by atoms with van der Waals surface area (Å²) in [6, 6.07) is 14.8. The molecule has 0 atom stereocenters. The number of rotatable bonds is 1. The molecule has 0 saturated carbocycles. The number of hydrogen-bond acceptors (Lipinski definition) is 2.